The third-order valence-corrected chi connectivity index (χ3v) is 3.75. The molecule has 0 fully saturated rings. The van der Waals surface area contributed by atoms with Crippen molar-refractivity contribution in [2.24, 2.45) is 5.73 Å². The van der Waals surface area contributed by atoms with Gasteiger partial charge in [0.05, 0.1) is 24.7 Å². The van der Waals surface area contributed by atoms with Crippen molar-refractivity contribution in [2.45, 2.75) is 6.54 Å². The van der Waals surface area contributed by atoms with E-state index in [1.165, 1.54) is 0 Å². The van der Waals surface area contributed by atoms with E-state index in [0.29, 0.717) is 6.54 Å². The third-order valence-electron chi connectivity index (χ3n) is 2.91. The largest absolute Gasteiger partial charge is 0.496 e. The van der Waals surface area contributed by atoms with Gasteiger partial charge in [-0.1, -0.05) is 12.1 Å². The highest BCUT2D eigenvalue weighted by Gasteiger charge is 2.13. The summed E-state index contributed by atoms with van der Waals surface area (Å²) in [5, 5.41) is 2.08. The molecule has 0 aliphatic rings. The van der Waals surface area contributed by atoms with Gasteiger partial charge in [-0.25, -0.2) is 4.98 Å². The number of nitrogens with zero attached hydrogens (tertiary/aromatic N) is 2. The molecular weight excluding hydrogens is 246 g/mol. The lowest BCUT2D eigenvalue weighted by Crippen LogP contribution is -2.01. The number of ether oxygens (including phenoxy) is 1. The highest BCUT2D eigenvalue weighted by atomic mass is 32.1. The van der Waals surface area contributed by atoms with E-state index in [4.69, 9.17) is 10.5 Å². The molecule has 0 atom stereocenters. The van der Waals surface area contributed by atoms with Gasteiger partial charge in [-0.2, -0.15) is 0 Å². The molecular formula is C13H13N3OS. The van der Waals surface area contributed by atoms with Crippen LogP contribution < -0.4 is 10.5 Å². The third kappa shape index (κ3) is 1.60. The van der Waals surface area contributed by atoms with Crippen molar-refractivity contribution in [2.75, 3.05) is 7.11 Å². The predicted molar refractivity (Wildman–Crippen MR) is 72.9 cm³/mol. The molecule has 0 radical (unpaired) electrons. The fourth-order valence-electron chi connectivity index (χ4n) is 2.05. The van der Waals surface area contributed by atoms with Gasteiger partial charge in [-0.3, -0.25) is 4.40 Å². The molecule has 0 aliphatic heterocycles. The van der Waals surface area contributed by atoms with Gasteiger partial charge in [-0.05, 0) is 12.1 Å². The van der Waals surface area contributed by atoms with E-state index in [0.717, 1.165) is 27.7 Å². The minimum atomic E-state index is 0.472. The number of hydrogen-bond donors (Lipinski definition) is 1. The van der Waals surface area contributed by atoms with Crippen LogP contribution in [0.1, 0.15) is 5.69 Å². The van der Waals surface area contributed by atoms with Crippen LogP contribution in [0, 0.1) is 0 Å². The molecule has 4 nitrogen and oxygen atoms in total. The van der Waals surface area contributed by atoms with E-state index in [9.17, 15) is 0 Å². The Morgan fingerprint density at radius 2 is 2.22 bits per heavy atom. The summed E-state index contributed by atoms with van der Waals surface area (Å²) in [5.41, 5.74) is 8.89. The van der Waals surface area contributed by atoms with E-state index >= 15 is 0 Å². The molecule has 2 heterocycles. The molecule has 2 aromatic heterocycles. The molecule has 0 saturated heterocycles. The monoisotopic (exact) mass is 259 g/mol. The van der Waals surface area contributed by atoms with E-state index in [1.54, 1.807) is 18.4 Å². The van der Waals surface area contributed by atoms with Crippen molar-refractivity contribution >= 4 is 16.3 Å². The first kappa shape index (κ1) is 11.3. The summed E-state index contributed by atoms with van der Waals surface area (Å²) in [6, 6.07) is 7.96. The first-order chi connectivity index (χ1) is 8.85. The number of nitrogens with two attached hydrogens (primary N) is 1. The summed E-state index contributed by atoms with van der Waals surface area (Å²) in [5.74, 6) is 0.855. The number of para-hydroxylation sites is 1. The highest BCUT2D eigenvalue weighted by Crippen LogP contribution is 2.33. The second-order valence-electron chi connectivity index (χ2n) is 3.89. The van der Waals surface area contributed by atoms with Crippen LogP contribution in [0.3, 0.4) is 0 Å². The van der Waals surface area contributed by atoms with Gasteiger partial charge in [0.15, 0.2) is 4.96 Å². The lowest BCUT2D eigenvalue weighted by molar-refractivity contribution is 0.416. The number of rotatable bonds is 3. The molecule has 1 aromatic carbocycles. The van der Waals surface area contributed by atoms with Crippen molar-refractivity contribution in [3.05, 3.63) is 41.5 Å². The van der Waals surface area contributed by atoms with Crippen LogP contribution in [0.15, 0.2) is 35.8 Å². The first-order valence-corrected chi connectivity index (χ1v) is 6.50. The Hall–Kier alpha value is -1.85. The summed E-state index contributed by atoms with van der Waals surface area (Å²) < 4.78 is 7.49. The van der Waals surface area contributed by atoms with Crippen molar-refractivity contribution in [1.29, 1.82) is 0 Å². The van der Waals surface area contributed by atoms with Crippen molar-refractivity contribution in [3.8, 4) is 17.0 Å². The molecule has 0 aliphatic carbocycles. The number of thiazole rings is 1. The van der Waals surface area contributed by atoms with E-state index in [1.807, 2.05) is 30.5 Å². The van der Waals surface area contributed by atoms with Crippen LogP contribution in [-0.2, 0) is 6.54 Å². The summed E-state index contributed by atoms with van der Waals surface area (Å²) in [6.45, 7) is 0.472. The van der Waals surface area contributed by atoms with Gasteiger partial charge in [0.2, 0.25) is 0 Å². The molecule has 0 saturated carbocycles. The van der Waals surface area contributed by atoms with E-state index < -0.39 is 0 Å². The average Bonchev–Trinajstić information content (AvgIpc) is 2.99. The fourth-order valence-corrected chi connectivity index (χ4v) is 2.94. The van der Waals surface area contributed by atoms with Crippen LogP contribution >= 0.6 is 11.3 Å². The molecule has 0 amide bonds. The van der Waals surface area contributed by atoms with Gasteiger partial charge in [0.1, 0.15) is 5.75 Å². The highest BCUT2D eigenvalue weighted by molar-refractivity contribution is 7.15. The van der Waals surface area contributed by atoms with Gasteiger partial charge >= 0.3 is 0 Å². The minimum absolute atomic E-state index is 0.472. The Kier molecular flexibility index (Phi) is 2.77. The van der Waals surface area contributed by atoms with Gasteiger partial charge < -0.3 is 10.5 Å². The number of methoxy groups -OCH3 is 1. The van der Waals surface area contributed by atoms with Crippen molar-refractivity contribution in [3.63, 3.8) is 0 Å². The Morgan fingerprint density at radius 3 is 3.00 bits per heavy atom. The lowest BCUT2D eigenvalue weighted by atomic mass is 10.1. The SMILES string of the molecule is COc1ccccc1-c1csc2ncc(CN)n12. The molecule has 18 heavy (non-hydrogen) atoms. The number of hydrogen-bond acceptors (Lipinski definition) is 4. The molecule has 3 aromatic rings. The maximum absolute atomic E-state index is 5.75. The van der Waals surface area contributed by atoms with Crippen molar-refractivity contribution < 1.29 is 4.74 Å². The Labute approximate surface area is 109 Å². The molecule has 3 rings (SSSR count). The molecule has 0 bridgehead atoms. The van der Waals surface area contributed by atoms with Crippen LogP contribution in [0.25, 0.3) is 16.2 Å². The first-order valence-electron chi connectivity index (χ1n) is 5.62. The standard InChI is InChI=1S/C13H13N3OS/c1-17-12-5-3-2-4-10(12)11-8-18-13-15-7-9(6-14)16(11)13/h2-5,7-8H,6,14H2,1H3. The zero-order chi connectivity index (χ0) is 12.5. The number of aromatic nitrogens is 2. The Morgan fingerprint density at radius 1 is 1.39 bits per heavy atom. The predicted octanol–water partition coefficient (Wildman–Crippen LogP) is 2.53. The van der Waals surface area contributed by atoms with Gasteiger partial charge in [-0.15, -0.1) is 11.3 Å². The van der Waals surface area contributed by atoms with Crippen LogP contribution in [0.4, 0.5) is 0 Å². The summed E-state index contributed by atoms with van der Waals surface area (Å²) in [6.07, 6.45) is 1.82. The maximum Gasteiger partial charge on any atom is 0.194 e. The normalized spacial score (nSPS) is 11.0. The van der Waals surface area contributed by atoms with Crippen LogP contribution in [0.2, 0.25) is 0 Å². The van der Waals surface area contributed by atoms with Crippen molar-refractivity contribution in [1.82, 2.24) is 9.38 Å². The number of imidazole rings is 1. The minimum Gasteiger partial charge on any atom is -0.496 e. The second-order valence-corrected chi connectivity index (χ2v) is 4.73. The van der Waals surface area contributed by atoms with E-state index in [-0.39, 0.29) is 0 Å². The summed E-state index contributed by atoms with van der Waals surface area (Å²) in [4.78, 5) is 5.31. The van der Waals surface area contributed by atoms with Gasteiger partial charge in [0, 0.05) is 17.5 Å². The number of fused-ring (bicyclic) bond motifs is 1. The molecule has 2 N–H and O–H groups in total. The quantitative estimate of drug-likeness (QED) is 0.786. The lowest BCUT2D eigenvalue weighted by Gasteiger charge is -2.08. The number of benzene rings is 1. The van der Waals surface area contributed by atoms with Crippen LogP contribution in [0.5, 0.6) is 5.75 Å². The Balaban J connectivity index is 2.28. The van der Waals surface area contributed by atoms with Gasteiger partial charge in [0.25, 0.3) is 0 Å². The maximum atomic E-state index is 5.75. The average molecular weight is 259 g/mol. The van der Waals surface area contributed by atoms with E-state index in [2.05, 4.69) is 14.8 Å². The van der Waals surface area contributed by atoms with Crippen LogP contribution in [-0.4, -0.2) is 16.5 Å². The zero-order valence-corrected chi connectivity index (χ0v) is 10.8. The fraction of sp³-hybridized carbons (Fsp3) is 0.154. The molecule has 0 unspecified atom stereocenters. The molecule has 5 heteroatoms. The molecule has 0 spiro atoms. The molecule has 92 valence electrons. The zero-order valence-electron chi connectivity index (χ0n) is 9.96. The smallest absolute Gasteiger partial charge is 0.194 e. The second kappa shape index (κ2) is 4.44. The topological polar surface area (TPSA) is 52.5 Å². The Bertz CT molecular complexity index is 686. The summed E-state index contributed by atoms with van der Waals surface area (Å²) in [7, 11) is 1.68. The summed E-state index contributed by atoms with van der Waals surface area (Å²) >= 11 is 1.60.